The van der Waals surface area contributed by atoms with Gasteiger partial charge in [0.25, 0.3) is 0 Å². The molecule has 1 heterocycles. The second-order valence-electron chi connectivity index (χ2n) is 8.79. The van der Waals surface area contributed by atoms with E-state index < -0.39 is 6.10 Å². The minimum absolute atomic E-state index is 0.00964. The normalized spacial score (nSPS) is 18.0. The van der Waals surface area contributed by atoms with E-state index in [2.05, 4.69) is 56.3 Å². The first-order valence-corrected chi connectivity index (χ1v) is 10.1. The predicted octanol–water partition coefficient (Wildman–Crippen LogP) is 6.07. The van der Waals surface area contributed by atoms with E-state index in [9.17, 15) is 5.11 Å². The lowest BCUT2D eigenvalue weighted by atomic mass is 9.72. The Bertz CT molecular complexity index is 1240. The van der Waals surface area contributed by atoms with Crippen LogP contribution >= 0.6 is 0 Å². The molecule has 29 heavy (non-hydrogen) atoms. The Morgan fingerprint density at radius 3 is 2.55 bits per heavy atom. The molecule has 0 fully saturated rings. The molecule has 0 radical (unpaired) electrons. The van der Waals surface area contributed by atoms with Crippen LogP contribution in [0.5, 0.6) is 5.75 Å². The van der Waals surface area contributed by atoms with E-state index in [4.69, 9.17) is 9.72 Å². The molecular weight excluding hydrogens is 358 g/mol. The number of rotatable bonds is 2. The van der Waals surface area contributed by atoms with Gasteiger partial charge in [-0.2, -0.15) is 0 Å². The van der Waals surface area contributed by atoms with Crippen molar-refractivity contribution in [3.05, 3.63) is 71.9 Å². The molecular formula is C26H25NO2. The minimum Gasteiger partial charge on any atom is -0.496 e. The zero-order valence-corrected chi connectivity index (χ0v) is 17.1. The first kappa shape index (κ1) is 18.1. The van der Waals surface area contributed by atoms with E-state index >= 15 is 0 Å². The van der Waals surface area contributed by atoms with Gasteiger partial charge >= 0.3 is 0 Å². The summed E-state index contributed by atoms with van der Waals surface area (Å²) < 4.78 is 5.70. The van der Waals surface area contributed by atoms with Gasteiger partial charge in [0.1, 0.15) is 5.75 Å². The monoisotopic (exact) mass is 383 g/mol. The number of para-hydroxylation sites is 1. The number of ether oxygens (including phenoxy) is 1. The van der Waals surface area contributed by atoms with Gasteiger partial charge in [0.15, 0.2) is 0 Å². The summed E-state index contributed by atoms with van der Waals surface area (Å²) >= 11 is 0. The van der Waals surface area contributed by atoms with Gasteiger partial charge in [0.2, 0.25) is 0 Å². The maximum Gasteiger partial charge on any atom is 0.126 e. The summed E-state index contributed by atoms with van der Waals surface area (Å²) in [5.41, 5.74) is 5.02. The summed E-state index contributed by atoms with van der Waals surface area (Å²) in [5, 5.41) is 14.6. The van der Waals surface area contributed by atoms with Crippen LogP contribution in [0.25, 0.3) is 32.8 Å². The summed E-state index contributed by atoms with van der Waals surface area (Å²) in [5.74, 6) is 0.812. The second kappa shape index (κ2) is 6.57. The Kier molecular flexibility index (Phi) is 4.11. The summed E-state index contributed by atoms with van der Waals surface area (Å²) in [4.78, 5) is 5.13. The molecule has 146 valence electrons. The van der Waals surface area contributed by atoms with Gasteiger partial charge in [-0.3, -0.25) is 4.98 Å². The van der Waals surface area contributed by atoms with Crippen LogP contribution in [0.3, 0.4) is 0 Å². The fourth-order valence-corrected chi connectivity index (χ4v) is 4.85. The largest absolute Gasteiger partial charge is 0.496 e. The SMILES string of the molecule is COc1ccccc1-c1c2c(nc3c1ccc1ccccc13)CC(C)(C)CC2O. The highest BCUT2D eigenvalue weighted by Crippen LogP contribution is 2.48. The van der Waals surface area contributed by atoms with Crippen LogP contribution in [0.1, 0.15) is 37.6 Å². The zero-order chi connectivity index (χ0) is 20.2. The van der Waals surface area contributed by atoms with Crippen LogP contribution in [0, 0.1) is 5.41 Å². The van der Waals surface area contributed by atoms with Crippen molar-refractivity contribution in [2.45, 2.75) is 32.8 Å². The number of aromatic nitrogens is 1. The van der Waals surface area contributed by atoms with Crippen molar-refractivity contribution >= 4 is 21.7 Å². The van der Waals surface area contributed by atoms with Crippen molar-refractivity contribution in [3.8, 4) is 16.9 Å². The molecule has 0 spiro atoms. The molecule has 5 rings (SSSR count). The summed E-state index contributed by atoms with van der Waals surface area (Å²) in [7, 11) is 1.70. The minimum atomic E-state index is -0.544. The van der Waals surface area contributed by atoms with Gasteiger partial charge in [-0.15, -0.1) is 0 Å². The van der Waals surface area contributed by atoms with Crippen LogP contribution in [0.4, 0.5) is 0 Å². The van der Waals surface area contributed by atoms with E-state index in [1.807, 2.05) is 18.2 Å². The average molecular weight is 383 g/mol. The fourth-order valence-electron chi connectivity index (χ4n) is 4.85. The van der Waals surface area contributed by atoms with Gasteiger partial charge in [0.05, 0.1) is 18.7 Å². The van der Waals surface area contributed by atoms with E-state index in [0.717, 1.165) is 57.3 Å². The van der Waals surface area contributed by atoms with Crippen LogP contribution in [-0.2, 0) is 6.42 Å². The number of aliphatic hydroxyl groups excluding tert-OH is 1. The van der Waals surface area contributed by atoms with Gasteiger partial charge in [0, 0.05) is 33.2 Å². The third-order valence-electron chi connectivity index (χ3n) is 6.10. The number of benzene rings is 3. The molecule has 1 atom stereocenters. The van der Waals surface area contributed by atoms with Gasteiger partial charge in [-0.1, -0.05) is 68.4 Å². The number of fused-ring (bicyclic) bond motifs is 4. The van der Waals surface area contributed by atoms with Crippen LogP contribution in [0.2, 0.25) is 0 Å². The smallest absolute Gasteiger partial charge is 0.126 e. The molecule has 1 aliphatic rings. The topological polar surface area (TPSA) is 42.4 Å². The lowest BCUT2D eigenvalue weighted by Crippen LogP contribution is -2.27. The van der Waals surface area contributed by atoms with Crippen molar-refractivity contribution < 1.29 is 9.84 Å². The predicted molar refractivity (Wildman–Crippen MR) is 118 cm³/mol. The first-order chi connectivity index (χ1) is 14.0. The molecule has 0 aliphatic heterocycles. The fraction of sp³-hybridized carbons (Fsp3) is 0.269. The Labute approximate surface area is 171 Å². The lowest BCUT2D eigenvalue weighted by molar-refractivity contribution is 0.0990. The van der Waals surface area contributed by atoms with Crippen LogP contribution < -0.4 is 4.74 Å². The molecule has 1 unspecified atom stereocenters. The quantitative estimate of drug-likeness (QED) is 0.427. The van der Waals surface area contributed by atoms with E-state index in [0.29, 0.717) is 0 Å². The van der Waals surface area contributed by atoms with Crippen LogP contribution in [-0.4, -0.2) is 17.2 Å². The number of hydrogen-bond acceptors (Lipinski definition) is 3. The molecule has 0 bridgehead atoms. The summed E-state index contributed by atoms with van der Waals surface area (Å²) in [6.07, 6.45) is 1.03. The molecule has 1 aliphatic carbocycles. The third-order valence-corrected chi connectivity index (χ3v) is 6.10. The molecule has 1 aromatic heterocycles. The summed E-state index contributed by atoms with van der Waals surface area (Å²) in [6.45, 7) is 4.41. The Morgan fingerprint density at radius 2 is 1.72 bits per heavy atom. The Balaban J connectivity index is 1.96. The van der Waals surface area contributed by atoms with Crippen molar-refractivity contribution in [3.63, 3.8) is 0 Å². The highest BCUT2D eigenvalue weighted by molar-refractivity contribution is 6.11. The van der Waals surface area contributed by atoms with Gasteiger partial charge in [-0.05, 0) is 29.7 Å². The molecule has 3 nitrogen and oxygen atoms in total. The first-order valence-electron chi connectivity index (χ1n) is 10.1. The number of nitrogens with zero attached hydrogens (tertiary/aromatic N) is 1. The number of hydrogen-bond donors (Lipinski definition) is 1. The lowest BCUT2D eigenvalue weighted by Gasteiger charge is -2.36. The molecule has 3 heteroatoms. The van der Waals surface area contributed by atoms with Crippen molar-refractivity contribution in [2.75, 3.05) is 7.11 Å². The van der Waals surface area contributed by atoms with Crippen molar-refractivity contribution in [1.82, 2.24) is 4.98 Å². The zero-order valence-electron chi connectivity index (χ0n) is 17.1. The number of pyridine rings is 1. The third kappa shape index (κ3) is 2.89. The van der Waals surface area contributed by atoms with Crippen molar-refractivity contribution in [1.29, 1.82) is 0 Å². The number of methoxy groups -OCH3 is 1. The maximum atomic E-state index is 11.2. The summed E-state index contributed by atoms with van der Waals surface area (Å²) in [6, 6.07) is 20.7. The molecule has 0 saturated carbocycles. The Morgan fingerprint density at radius 1 is 0.966 bits per heavy atom. The van der Waals surface area contributed by atoms with Gasteiger partial charge in [-0.25, -0.2) is 0 Å². The van der Waals surface area contributed by atoms with Crippen LogP contribution in [0.15, 0.2) is 60.7 Å². The van der Waals surface area contributed by atoms with Gasteiger partial charge < -0.3 is 9.84 Å². The number of aliphatic hydroxyl groups is 1. The van der Waals surface area contributed by atoms with E-state index in [1.54, 1.807) is 7.11 Å². The van der Waals surface area contributed by atoms with E-state index in [-0.39, 0.29) is 5.41 Å². The maximum absolute atomic E-state index is 11.2. The van der Waals surface area contributed by atoms with Crippen molar-refractivity contribution in [2.24, 2.45) is 5.41 Å². The highest BCUT2D eigenvalue weighted by Gasteiger charge is 2.35. The second-order valence-corrected chi connectivity index (χ2v) is 8.79. The molecule has 4 aromatic rings. The molecule has 0 saturated heterocycles. The highest BCUT2D eigenvalue weighted by atomic mass is 16.5. The standard InChI is InChI=1S/C26H25NO2/c1-26(2)14-20-24(21(28)15-26)23(18-10-6-7-11-22(18)29-3)19-13-12-16-8-4-5-9-17(16)25(19)27-20/h4-13,21,28H,14-15H2,1-3H3. The molecule has 1 N–H and O–H groups in total. The Hall–Kier alpha value is -2.91. The molecule has 3 aromatic carbocycles. The average Bonchev–Trinajstić information content (AvgIpc) is 2.71. The molecule has 0 amide bonds. The van der Waals surface area contributed by atoms with E-state index in [1.165, 1.54) is 5.39 Å².